The van der Waals surface area contributed by atoms with Crippen molar-refractivity contribution in [2.45, 2.75) is 24.3 Å². The molecule has 1 N–H and O–H groups in total. The molecule has 2 aliphatic heterocycles. The Morgan fingerprint density at radius 1 is 1.27 bits per heavy atom. The molecule has 0 saturated heterocycles. The summed E-state index contributed by atoms with van der Waals surface area (Å²) in [6, 6.07) is 8.95. The topological polar surface area (TPSA) is 59.9 Å². The average Bonchev–Trinajstić information content (AvgIpc) is 3.05. The van der Waals surface area contributed by atoms with Crippen molar-refractivity contribution in [2.24, 2.45) is 4.99 Å². The lowest BCUT2D eigenvalue weighted by atomic mass is 10.1. The van der Waals surface area contributed by atoms with Crippen LogP contribution in [0.25, 0.3) is 0 Å². The van der Waals surface area contributed by atoms with Gasteiger partial charge in [-0.3, -0.25) is 9.79 Å². The molecule has 1 unspecified atom stereocenters. The molecule has 134 valence electrons. The molecule has 2 aromatic carbocycles. The van der Waals surface area contributed by atoms with Gasteiger partial charge in [-0.05, 0) is 43.0 Å². The number of fused-ring (bicyclic) bond motifs is 2. The minimum Gasteiger partial charge on any atom is -0.454 e. The van der Waals surface area contributed by atoms with Gasteiger partial charge in [-0.25, -0.2) is 0 Å². The van der Waals surface area contributed by atoms with E-state index in [9.17, 15) is 4.79 Å². The van der Waals surface area contributed by atoms with Crippen molar-refractivity contribution in [2.75, 3.05) is 18.4 Å². The van der Waals surface area contributed by atoms with Gasteiger partial charge in [0.2, 0.25) is 12.7 Å². The lowest BCUT2D eigenvalue weighted by Crippen LogP contribution is -2.27. The Morgan fingerprint density at radius 2 is 2.04 bits per heavy atom. The zero-order chi connectivity index (χ0) is 18.3. The predicted octanol–water partition coefficient (Wildman–Crippen LogP) is 4.16. The molecule has 7 heteroatoms. The lowest BCUT2D eigenvalue weighted by molar-refractivity contribution is -0.117. The molecule has 0 fully saturated rings. The molecule has 2 aliphatic rings. The highest BCUT2D eigenvalue weighted by atomic mass is 35.5. The Hall–Kier alpha value is -2.18. The fraction of sp³-hybridized carbons (Fsp3) is 0.263. The van der Waals surface area contributed by atoms with Gasteiger partial charge in [0, 0.05) is 33.7 Å². The molecule has 0 radical (unpaired) electrons. The summed E-state index contributed by atoms with van der Waals surface area (Å²) in [7, 11) is 0. The van der Waals surface area contributed by atoms with Crippen molar-refractivity contribution in [1.82, 2.24) is 0 Å². The lowest BCUT2D eigenvalue weighted by Gasteiger charge is -2.13. The molecule has 0 saturated carbocycles. The molecular formula is C19H17ClN2O3S. The van der Waals surface area contributed by atoms with E-state index in [1.807, 2.05) is 37.4 Å². The Bertz CT molecular complexity index is 929. The zero-order valence-electron chi connectivity index (χ0n) is 14.3. The van der Waals surface area contributed by atoms with Crippen molar-refractivity contribution >= 4 is 40.7 Å². The maximum Gasteiger partial charge on any atom is 0.249 e. The van der Waals surface area contributed by atoms with Crippen LogP contribution in [0.15, 0.2) is 40.2 Å². The number of halogens is 1. The molecule has 1 atom stereocenters. The highest BCUT2D eigenvalue weighted by molar-refractivity contribution is 7.98. The van der Waals surface area contributed by atoms with Crippen molar-refractivity contribution in [3.8, 4) is 11.5 Å². The predicted molar refractivity (Wildman–Crippen MR) is 104 cm³/mol. The SMILES string of the molecule is CSc1ccc(Cl)c(CC2N=C(C)c3cc4c(cc3NC2=O)OCO4)c1. The van der Waals surface area contributed by atoms with E-state index in [1.165, 1.54) is 0 Å². The van der Waals surface area contributed by atoms with Crippen molar-refractivity contribution in [3.05, 3.63) is 46.5 Å². The number of benzene rings is 2. The molecule has 1 amide bonds. The molecule has 0 aromatic heterocycles. The first-order valence-electron chi connectivity index (χ1n) is 8.17. The number of thioether (sulfide) groups is 1. The minimum absolute atomic E-state index is 0.160. The van der Waals surface area contributed by atoms with Gasteiger partial charge in [-0.1, -0.05) is 11.6 Å². The first kappa shape index (κ1) is 17.2. The van der Waals surface area contributed by atoms with Crippen LogP contribution in [0.3, 0.4) is 0 Å². The quantitative estimate of drug-likeness (QED) is 0.802. The average molecular weight is 389 g/mol. The Labute approximate surface area is 160 Å². The fourth-order valence-electron chi connectivity index (χ4n) is 3.10. The summed E-state index contributed by atoms with van der Waals surface area (Å²) in [5, 5.41) is 3.61. The van der Waals surface area contributed by atoms with Gasteiger partial charge in [0.05, 0.1) is 5.69 Å². The van der Waals surface area contributed by atoms with Crippen LogP contribution >= 0.6 is 23.4 Å². The van der Waals surface area contributed by atoms with Crippen molar-refractivity contribution in [3.63, 3.8) is 0 Å². The van der Waals surface area contributed by atoms with Gasteiger partial charge in [-0.15, -0.1) is 11.8 Å². The standard InChI is InChI=1S/C19H17ClN2O3S/c1-10-13-7-17-18(25-9-24-17)8-15(13)22-19(23)16(21-10)6-11-5-12(26-2)3-4-14(11)20/h3-5,7-8,16H,6,9H2,1-2H3,(H,22,23). The number of nitrogens with zero attached hydrogens (tertiary/aromatic N) is 1. The number of anilines is 1. The number of amides is 1. The van der Waals surface area contributed by atoms with Crippen LogP contribution in [0.2, 0.25) is 5.02 Å². The fourth-order valence-corrected chi connectivity index (χ4v) is 3.76. The van der Waals surface area contributed by atoms with Gasteiger partial charge in [0.1, 0.15) is 6.04 Å². The second kappa shape index (κ2) is 6.85. The smallest absolute Gasteiger partial charge is 0.249 e. The van der Waals surface area contributed by atoms with E-state index < -0.39 is 6.04 Å². The first-order chi connectivity index (χ1) is 12.5. The van der Waals surface area contributed by atoms with Gasteiger partial charge in [0.25, 0.3) is 0 Å². The third kappa shape index (κ3) is 3.15. The van der Waals surface area contributed by atoms with Crippen LogP contribution in [-0.4, -0.2) is 30.7 Å². The monoisotopic (exact) mass is 388 g/mol. The Kier molecular flexibility index (Phi) is 4.54. The largest absolute Gasteiger partial charge is 0.454 e. The minimum atomic E-state index is -0.548. The number of rotatable bonds is 3. The van der Waals surface area contributed by atoms with Crippen molar-refractivity contribution < 1.29 is 14.3 Å². The summed E-state index contributed by atoms with van der Waals surface area (Å²) in [5.41, 5.74) is 3.22. The van der Waals surface area contributed by atoms with Gasteiger partial charge in [-0.2, -0.15) is 0 Å². The maximum absolute atomic E-state index is 12.8. The number of nitrogens with one attached hydrogen (secondary N) is 1. The number of hydrogen-bond acceptors (Lipinski definition) is 5. The van der Waals surface area contributed by atoms with E-state index in [1.54, 1.807) is 17.8 Å². The summed E-state index contributed by atoms with van der Waals surface area (Å²) < 4.78 is 10.8. The molecule has 0 spiro atoms. The van der Waals surface area contributed by atoms with E-state index >= 15 is 0 Å². The summed E-state index contributed by atoms with van der Waals surface area (Å²) in [6.45, 7) is 2.09. The molecule has 0 bridgehead atoms. The molecule has 4 rings (SSSR count). The number of ether oxygens (including phenoxy) is 2. The van der Waals surface area contributed by atoms with Crippen LogP contribution in [0, 0.1) is 0 Å². The summed E-state index contributed by atoms with van der Waals surface area (Å²) in [6.07, 6.45) is 2.45. The van der Waals surface area contributed by atoms with E-state index in [2.05, 4.69) is 10.3 Å². The maximum atomic E-state index is 12.8. The molecule has 2 heterocycles. The van der Waals surface area contributed by atoms with E-state index in [4.69, 9.17) is 21.1 Å². The molecule has 5 nitrogen and oxygen atoms in total. The van der Waals surface area contributed by atoms with Crippen LogP contribution in [-0.2, 0) is 11.2 Å². The molecule has 0 aliphatic carbocycles. The third-order valence-corrected chi connectivity index (χ3v) is 5.57. The summed E-state index contributed by atoms with van der Waals surface area (Å²) in [5.74, 6) is 1.14. The van der Waals surface area contributed by atoms with Gasteiger partial charge in [0.15, 0.2) is 11.5 Å². The number of carbonyl (C=O) groups is 1. The number of hydrogen-bond donors (Lipinski definition) is 1. The molecule has 26 heavy (non-hydrogen) atoms. The Balaban J connectivity index is 1.67. The zero-order valence-corrected chi connectivity index (χ0v) is 15.9. The summed E-state index contributed by atoms with van der Waals surface area (Å²) in [4.78, 5) is 18.5. The second-order valence-corrected chi connectivity index (χ2v) is 7.42. The second-order valence-electron chi connectivity index (χ2n) is 6.13. The van der Waals surface area contributed by atoms with E-state index in [-0.39, 0.29) is 12.7 Å². The highest BCUT2D eigenvalue weighted by Crippen LogP contribution is 2.38. The molecular weight excluding hydrogens is 372 g/mol. The van der Waals surface area contributed by atoms with Crippen LogP contribution in [0.4, 0.5) is 5.69 Å². The van der Waals surface area contributed by atoms with E-state index in [0.717, 1.165) is 21.7 Å². The van der Waals surface area contributed by atoms with Crippen LogP contribution in [0.1, 0.15) is 18.1 Å². The van der Waals surface area contributed by atoms with Crippen LogP contribution in [0.5, 0.6) is 11.5 Å². The Morgan fingerprint density at radius 3 is 2.81 bits per heavy atom. The molecule has 2 aromatic rings. The van der Waals surface area contributed by atoms with E-state index in [0.29, 0.717) is 28.6 Å². The normalized spacial score (nSPS) is 18.0. The van der Waals surface area contributed by atoms with Gasteiger partial charge < -0.3 is 14.8 Å². The highest BCUT2D eigenvalue weighted by Gasteiger charge is 2.27. The first-order valence-corrected chi connectivity index (χ1v) is 9.77. The number of aliphatic imine (C=N–C) groups is 1. The number of carbonyl (C=O) groups excluding carboxylic acids is 1. The van der Waals surface area contributed by atoms with Crippen molar-refractivity contribution in [1.29, 1.82) is 0 Å². The third-order valence-electron chi connectivity index (χ3n) is 4.48. The summed E-state index contributed by atoms with van der Waals surface area (Å²) >= 11 is 7.97. The van der Waals surface area contributed by atoms with Gasteiger partial charge >= 0.3 is 0 Å². The van der Waals surface area contributed by atoms with Crippen LogP contribution < -0.4 is 14.8 Å².